The number of nitrogen functional groups attached to an aromatic ring is 1. The van der Waals surface area contributed by atoms with Crippen LogP contribution >= 0.6 is 0 Å². The number of hydrogen-bond acceptors (Lipinski definition) is 7. The average molecular weight is 601 g/mol. The second kappa shape index (κ2) is 14.3. The van der Waals surface area contributed by atoms with E-state index in [9.17, 15) is 10.1 Å². The van der Waals surface area contributed by atoms with Crippen LogP contribution in [0.1, 0.15) is 49.7 Å². The van der Waals surface area contributed by atoms with Gasteiger partial charge in [0.1, 0.15) is 29.8 Å². The summed E-state index contributed by atoms with van der Waals surface area (Å²) in [5.41, 5.74) is 12.4. The number of rotatable bonds is 10. The van der Waals surface area contributed by atoms with Gasteiger partial charge in [0.05, 0.1) is 17.1 Å². The van der Waals surface area contributed by atoms with Crippen LogP contribution in [-0.4, -0.2) is 48.5 Å². The first kappa shape index (κ1) is 30.2. The van der Waals surface area contributed by atoms with Gasteiger partial charge in [0.15, 0.2) is 0 Å². The molecule has 2 aliphatic heterocycles. The summed E-state index contributed by atoms with van der Waals surface area (Å²) in [6, 6.07) is 27.9. The van der Waals surface area contributed by atoms with Gasteiger partial charge in [-0.25, -0.2) is 4.98 Å². The molecule has 3 aromatic carbocycles. The van der Waals surface area contributed by atoms with E-state index in [2.05, 4.69) is 32.2 Å². The number of ether oxygens (including phenoxy) is 1. The molecule has 45 heavy (non-hydrogen) atoms. The van der Waals surface area contributed by atoms with Crippen LogP contribution in [0.5, 0.6) is 5.75 Å². The third-order valence-corrected chi connectivity index (χ3v) is 8.69. The summed E-state index contributed by atoms with van der Waals surface area (Å²) in [4.78, 5) is 22.6. The SMILES string of the molecule is N#Cc1c(-c2ccc(N3CCCC3)c(NC(=O)CCN3CCCCC3)c2)cc(-c2ccccc2OCc2ccccc2)nc1N. The number of carbonyl (C=O) groups is 1. The minimum absolute atomic E-state index is 0.00176. The summed E-state index contributed by atoms with van der Waals surface area (Å²) >= 11 is 0. The van der Waals surface area contributed by atoms with Crippen molar-refractivity contribution in [3.05, 3.63) is 90.0 Å². The van der Waals surface area contributed by atoms with Crippen molar-refractivity contribution in [2.45, 2.75) is 45.1 Å². The monoisotopic (exact) mass is 600 g/mol. The predicted molar refractivity (Wildman–Crippen MR) is 180 cm³/mol. The van der Waals surface area contributed by atoms with E-state index in [-0.39, 0.29) is 11.7 Å². The molecule has 8 nitrogen and oxygen atoms in total. The topological polar surface area (TPSA) is 108 Å². The van der Waals surface area contributed by atoms with Crippen LogP contribution in [0, 0.1) is 11.3 Å². The molecule has 2 saturated heterocycles. The van der Waals surface area contributed by atoms with Gasteiger partial charge in [-0.3, -0.25) is 4.79 Å². The zero-order chi connectivity index (χ0) is 31.0. The first-order valence-corrected chi connectivity index (χ1v) is 16.0. The first-order chi connectivity index (χ1) is 22.1. The molecule has 0 unspecified atom stereocenters. The molecule has 0 bridgehead atoms. The summed E-state index contributed by atoms with van der Waals surface area (Å²) in [6.07, 6.45) is 6.36. The van der Waals surface area contributed by atoms with Crippen LogP contribution in [-0.2, 0) is 11.4 Å². The Bertz CT molecular complexity index is 1670. The molecule has 4 aromatic rings. The Morgan fingerprint density at radius 1 is 0.889 bits per heavy atom. The fourth-order valence-electron chi connectivity index (χ4n) is 6.28. The standard InChI is InChI=1S/C37H40N6O2/c38-25-31-30(24-32(41-37(31)39)29-13-5-6-14-35(29)45-26-27-11-3-1-4-12-27)28-15-16-34(43-20-9-10-21-43)33(23-28)40-36(44)17-22-42-18-7-2-8-19-42/h1,3-6,11-16,23-24H,2,7-10,17-22,26H2,(H2,39,41)(H,40,44). The summed E-state index contributed by atoms with van der Waals surface area (Å²) in [5, 5.41) is 13.4. The molecule has 1 amide bonds. The summed E-state index contributed by atoms with van der Waals surface area (Å²) in [6.45, 7) is 5.20. The average Bonchev–Trinajstić information content (AvgIpc) is 3.62. The minimum atomic E-state index is -0.00176. The van der Waals surface area contributed by atoms with E-state index in [0.29, 0.717) is 35.6 Å². The van der Waals surface area contributed by atoms with E-state index in [0.717, 1.165) is 73.6 Å². The van der Waals surface area contributed by atoms with Gasteiger partial charge in [0, 0.05) is 37.2 Å². The fraction of sp³-hybridized carbons (Fsp3) is 0.324. The van der Waals surface area contributed by atoms with Gasteiger partial charge in [-0.1, -0.05) is 55.0 Å². The number of para-hydroxylation sites is 1. The number of pyridine rings is 1. The van der Waals surface area contributed by atoms with E-state index in [1.807, 2.05) is 72.8 Å². The Kier molecular flexibility index (Phi) is 9.57. The largest absolute Gasteiger partial charge is 0.488 e. The molecule has 230 valence electrons. The number of nitrogens with one attached hydrogen (secondary N) is 1. The highest BCUT2D eigenvalue weighted by molar-refractivity contribution is 5.96. The normalized spacial score (nSPS) is 15.0. The van der Waals surface area contributed by atoms with E-state index >= 15 is 0 Å². The summed E-state index contributed by atoms with van der Waals surface area (Å²) in [5.74, 6) is 0.826. The van der Waals surface area contributed by atoms with Crippen molar-refractivity contribution in [1.29, 1.82) is 5.26 Å². The van der Waals surface area contributed by atoms with Gasteiger partial charge in [-0.15, -0.1) is 0 Å². The van der Waals surface area contributed by atoms with Crippen molar-refractivity contribution in [3.8, 4) is 34.2 Å². The maximum Gasteiger partial charge on any atom is 0.225 e. The molecule has 0 aliphatic carbocycles. The van der Waals surface area contributed by atoms with E-state index in [4.69, 9.17) is 10.5 Å². The Labute approximate surface area is 265 Å². The number of hydrogen-bond donors (Lipinski definition) is 2. The number of nitrogens with two attached hydrogens (primary N) is 1. The molecule has 0 saturated carbocycles. The maximum absolute atomic E-state index is 13.2. The lowest BCUT2D eigenvalue weighted by Crippen LogP contribution is -2.32. The van der Waals surface area contributed by atoms with Crippen LogP contribution in [0.25, 0.3) is 22.4 Å². The third-order valence-electron chi connectivity index (χ3n) is 8.69. The van der Waals surface area contributed by atoms with Gasteiger partial charge in [0.25, 0.3) is 0 Å². The lowest BCUT2D eigenvalue weighted by atomic mass is 9.97. The maximum atomic E-state index is 13.2. The van der Waals surface area contributed by atoms with Crippen LogP contribution < -0.4 is 20.7 Å². The van der Waals surface area contributed by atoms with Gasteiger partial charge in [-0.05, 0) is 80.2 Å². The second-order valence-corrected chi connectivity index (χ2v) is 11.8. The Morgan fingerprint density at radius 3 is 2.40 bits per heavy atom. The Morgan fingerprint density at radius 2 is 1.62 bits per heavy atom. The zero-order valence-electron chi connectivity index (χ0n) is 25.7. The number of carbonyl (C=O) groups excluding carboxylic acids is 1. The number of benzene rings is 3. The van der Waals surface area contributed by atoms with Gasteiger partial charge in [0.2, 0.25) is 5.91 Å². The molecule has 2 aliphatic rings. The first-order valence-electron chi connectivity index (χ1n) is 16.0. The number of piperidine rings is 1. The molecular weight excluding hydrogens is 560 g/mol. The third kappa shape index (κ3) is 7.27. The predicted octanol–water partition coefficient (Wildman–Crippen LogP) is 6.86. The number of likely N-dealkylation sites (tertiary alicyclic amines) is 1. The van der Waals surface area contributed by atoms with Crippen LogP contribution in [0.3, 0.4) is 0 Å². The number of amides is 1. The molecule has 2 fully saturated rings. The molecular formula is C37H40N6O2. The highest BCUT2D eigenvalue weighted by atomic mass is 16.5. The van der Waals surface area contributed by atoms with Gasteiger partial charge < -0.3 is 25.6 Å². The molecule has 0 atom stereocenters. The Hall–Kier alpha value is -4.87. The van der Waals surface area contributed by atoms with Crippen LogP contribution in [0.4, 0.5) is 17.2 Å². The Balaban J connectivity index is 1.32. The number of anilines is 3. The minimum Gasteiger partial charge on any atom is -0.488 e. The lowest BCUT2D eigenvalue weighted by Gasteiger charge is -2.26. The summed E-state index contributed by atoms with van der Waals surface area (Å²) in [7, 11) is 0. The fourth-order valence-corrected chi connectivity index (χ4v) is 6.28. The van der Waals surface area contributed by atoms with Crippen molar-refractivity contribution in [2.75, 3.05) is 48.7 Å². The highest BCUT2D eigenvalue weighted by Crippen LogP contribution is 2.38. The molecule has 6 rings (SSSR count). The quantitative estimate of drug-likeness (QED) is 0.205. The van der Waals surface area contributed by atoms with Crippen LogP contribution in [0.15, 0.2) is 78.9 Å². The van der Waals surface area contributed by atoms with Crippen molar-refractivity contribution in [1.82, 2.24) is 9.88 Å². The molecule has 1 aromatic heterocycles. The van der Waals surface area contributed by atoms with Crippen molar-refractivity contribution >= 4 is 23.1 Å². The van der Waals surface area contributed by atoms with Crippen LogP contribution in [0.2, 0.25) is 0 Å². The zero-order valence-corrected chi connectivity index (χ0v) is 25.7. The van der Waals surface area contributed by atoms with E-state index in [1.54, 1.807) is 0 Å². The second-order valence-electron chi connectivity index (χ2n) is 11.8. The van der Waals surface area contributed by atoms with Crippen molar-refractivity contribution in [3.63, 3.8) is 0 Å². The van der Waals surface area contributed by atoms with E-state index < -0.39 is 0 Å². The highest BCUT2D eigenvalue weighted by Gasteiger charge is 2.21. The van der Waals surface area contributed by atoms with Crippen molar-refractivity contribution in [2.24, 2.45) is 0 Å². The molecule has 0 radical (unpaired) electrons. The summed E-state index contributed by atoms with van der Waals surface area (Å²) < 4.78 is 6.22. The molecule has 0 spiro atoms. The van der Waals surface area contributed by atoms with Crippen molar-refractivity contribution < 1.29 is 9.53 Å². The van der Waals surface area contributed by atoms with Gasteiger partial charge >= 0.3 is 0 Å². The lowest BCUT2D eigenvalue weighted by molar-refractivity contribution is -0.116. The van der Waals surface area contributed by atoms with Gasteiger partial charge in [-0.2, -0.15) is 5.26 Å². The molecule has 8 heteroatoms. The number of nitrogens with zero attached hydrogens (tertiary/aromatic N) is 4. The van der Waals surface area contributed by atoms with E-state index in [1.165, 1.54) is 19.3 Å². The smallest absolute Gasteiger partial charge is 0.225 e. The molecule has 3 heterocycles. The molecule has 3 N–H and O–H groups in total. The number of aromatic nitrogens is 1. The number of nitriles is 1.